The molecule has 4 rings (SSSR count). The second kappa shape index (κ2) is 7.55. The molecule has 0 bridgehead atoms. The molecule has 1 saturated heterocycles. The molecule has 1 fully saturated rings. The number of halogens is 3. The van der Waals surface area contributed by atoms with Crippen molar-refractivity contribution in [3.05, 3.63) is 51.8 Å². The predicted octanol–water partition coefficient (Wildman–Crippen LogP) is 3.53. The molecular formula is C19H17Cl2FN6. The molecule has 2 atom stereocenters. The van der Waals surface area contributed by atoms with Gasteiger partial charge in [0, 0.05) is 19.3 Å². The second-order valence-electron chi connectivity index (χ2n) is 6.82. The van der Waals surface area contributed by atoms with Crippen LogP contribution in [0.5, 0.6) is 0 Å². The van der Waals surface area contributed by atoms with Gasteiger partial charge in [-0.05, 0) is 30.7 Å². The van der Waals surface area contributed by atoms with Crippen molar-refractivity contribution < 1.29 is 4.39 Å². The summed E-state index contributed by atoms with van der Waals surface area (Å²) in [6.45, 7) is 1.30. The molecule has 3 aromatic rings. The lowest BCUT2D eigenvalue weighted by molar-refractivity contribution is 0.243. The summed E-state index contributed by atoms with van der Waals surface area (Å²) in [7, 11) is 0. The minimum atomic E-state index is -1.02. The molecule has 1 aliphatic heterocycles. The number of anilines is 1. The van der Waals surface area contributed by atoms with E-state index in [0.29, 0.717) is 53.1 Å². The van der Waals surface area contributed by atoms with Crippen molar-refractivity contribution in [1.82, 2.24) is 14.5 Å². The maximum Gasteiger partial charge on any atom is 0.206 e. The minimum absolute atomic E-state index is 0.348. The van der Waals surface area contributed by atoms with E-state index in [2.05, 4.69) is 11.1 Å². The number of nitrogens with zero attached hydrogens (tertiary/aromatic N) is 5. The van der Waals surface area contributed by atoms with E-state index in [0.717, 1.165) is 11.2 Å². The summed E-state index contributed by atoms with van der Waals surface area (Å²) in [5.74, 6) is 0.668. The normalized spacial score (nSPS) is 19.8. The second-order valence-corrected chi connectivity index (χ2v) is 7.63. The van der Waals surface area contributed by atoms with E-state index in [-0.39, 0.29) is 0 Å². The van der Waals surface area contributed by atoms with Crippen LogP contribution in [0.4, 0.5) is 10.3 Å². The van der Waals surface area contributed by atoms with Crippen LogP contribution in [0.3, 0.4) is 0 Å². The summed E-state index contributed by atoms with van der Waals surface area (Å²) >= 11 is 12.4. The summed E-state index contributed by atoms with van der Waals surface area (Å²) in [5, 5.41) is 9.80. The molecule has 0 radical (unpaired) electrons. The number of imidazole rings is 1. The molecule has 3 heterocycles. The average Bonchev–Trinajstić information content (AvgIpc) is 3.02. The van der Waals surface area contributed by atoms with Crippen molar-refractivity contribution in [3.63, 3.8) is 0 Å². The zero-order valence-corrected chi connectivity index (χ0v) is 16.3. The van der Waals surface area contributed by atoms with Crippen LogP contribution in [0, 0.1) is 11.3 Å². The molecule has 6 nitrogen and oxygen atoms in total. The lowest BCUT2D eigenvalue weighted by Crippen LogP contribution is -2.50. The Bertz CT molecular complexity index is 1060. The third-order valence-corrected chi connectivity index (χ3v) is 5.62. The van der Waals surface area contributed by atoms with Crippen LogP contribution in [0.2, 0.25) is 10.0 Å². The van der Waals surface area contributed by atoms with Crippen LogP contribution in [-0.4, -0.2) is 39.8 Å². The Morgan fingerprint density at radius 2 is 2.07 bits per heavy atom. The molecule has 0 aliphatic carbocycles. The molecule has 0 saturated carbocycles. The van der Waals surface area contributed by atoms with Gasteiger partial charge in [0.1, 0.15) is 12.2 Å². The van der Waals surface area contributed by atoms with Gasteiger partial charge in [-0.3, -0.25) is 4.98 Å². The van der Waals surface area contributed by atoms with Crippen molar-refractivity contribution in [2.75, 3.05) is 18.0 Å². The highest BCUT2D eigenvalue weighted by Gasteiger charge is 2.29. The van der Waals surface area contributed by atoms with E-state index in [1.807, 2.05) is 9.47 Å². The first-order valence-corrected chi connectivity index (χ1v) is 9.57. The van der Waals surface area contributed by atoms with Crippen LogP contribution in [0.25, 0.3) is 11.0 Å². The number of nitrogens with two attached hydrogens (primary N) is 1. The van der Waals surface area contributed by atoms with Gasteiger partial charge in [0.25, 0.3) is 0 Å². The van der Waals surface area contributed by atoms with E-state index in [9.17, 15) is 4.39 Å². The van der Waals surface area contributed by atoms with Gasteiger partial charge in [-0.2, -0.15) is 5.26 Å². The first kappa shape index (κ1) is 18.9. The number of alkyl halides is 1. The van der Waals surface area contributed by atoms with Gasteiger partial charge < -0.3 is 15.2 Å². The number of aromatic nitrogens is 3. The summed E-state index contributed by atoms with van der Waals surface area (Å²) < 4.78 is 15.8. The highest BCUT2D eigenvalue weighted by Crippen LogP contribution is 2.32. The van der Waals surface area contributed by atoms with Crippen molar-refractivity contribution >= 4 is 40.2 Å². The van der Waals surface area contributed by atoms with Crippen LogP contribution in [0.15, 0.2) is 30.5 Å². The Morgan fingerprint density at radius 1 is 1.29 bits per heavy atom. The Hall–Kier alpha value is -2.40. The number of hydrogen-bond acceptors (Lipinski definition) is 5. The van der Waals surface area contributed by atoms with Crippen LogP contribution in [-0.2, 0) is 6.54 Å². The predicted molar refractivity (Wildman–Crippen MR) is 108 cm³/mol. The monoisotopic (exact) mass is 418 g/mol. The third-order valence-electron chi connectivity index (χ3n) is 4.90. The molecule has 2 aromatic heterocycles. The average molecular weight is 419 g/mol. The SMILES string of the molecule is N#Cc1ccc(Cn2c(N3CC[C@@H](F)[C@H](N)C3)nc3cc(Cl)c(Cl)cc32)nc1. The molecular weight excluding hydrogens is 402 g/mol. The van der Waals surface area contributed by atoms with Gasteiger partial charge >= 0.3 is 0 Å². The summed E-state index contributed by atoms with van der Waals surface area (Å²) in [6, 6.07) is 8.48. The quantitative estimate of drug-likeness (QED) is 0.702. The van der Waals surface area contributed by atoms with Gasteiger partial charge in [-0.1, -0.05) is 23.2 Å². The van der Waals surface area contributed by atoms with Crippen LogP contribution in [0.1, 0.15) is 17.7 Å². The molecule has 0 amide bonds. The maximum atomic E-state index is 13.8. The van der Waals surface area contributed by atoms with Gasteiger partial charge in [0.2, 0.25) is 5.95 Å². The maximum absolute atomic E-state index is 13.8. The fraction of sp³-hybridized carbons (Fsp3) is 0.316. The molecule has 1 aliphatic rings. The lowest BCUT2D eigenvalue weighted by Gasteiger charge is -2.34. The van der Waals surface area contributed by atoms with Crippen molar-refractivity contribution in [2.45, 2.75) is 25.2 Å². The number of nitriles is 1. The van der Waals surface area contributed by atoms with Gasteiger partial charge in [0.05, 0.1) is 44.9 Å². The Kier molecular flexibility index (Phi) is 5.11. The number of benzene rings is 1. The van der Waals surface area contributed by atoms with Gasteiger partial charge in [-0.15, -0.1) is 0 Å². The van der Waals surface area contributed by atoms with Crippen molar-refractivity contribution in [1.29, 1.82) is 5.26 Å². The Labute approximate surface area is 171 Å². The zero-order valence-electron chi connectivity index (χ0n) is 14.8. The number of fused-ring (bicyclic) bond motifs is 1. The molecule has 144 valence electrons. The summed E-state index contributed by atoms with van der Waals surface area (Å²) in [4.78, 5) is 11.0. The van der Waals surface area contributed by atoms with Crippen LogP contribution >= 0.6 is 23.2 Å². The number of hydrogen-bond donors (Lipinski definition) is 1. The summed E-state index contributed by atoms with van der Waals surface area (Å²) in [6.07, 6.45) is 0.863. The molecule has 9 heteroatoms. The Morgan fingerprint density at radius 3 is 2.75 bits per heavy atom. The van der Waals surface area contributed by atoms with Gasteiger partial charge in [0.15, 0.2) is 0 Å². The highest BCUT2D eigenvalue weighted by atomic mass is 35.5. The lowest BCUT2D eigenvalue weighted by atomic mass is 10.1. The largest absolute Gasteiger partial charge is 0.340 e. The molecule has 2 N–H and O–H groups in total. The number of pyridine rings is 1. The van der Waals surface area contributed by atoms with Crippen molar-refractivity contribution in [2.24, 2.45) is 5.73 Å². The van der Waals surface area contributed by atoms with Gasteiger partial charge in [-0.25, -0.2) is 9.37 Å². The van der Waals surface area contributed by atoms with E-state index < -0.39 is 12.2 Å². The molecule has 28 heavy (non-hydrogen) atoms. The van der Waals surface area contributed by atoms with E-state index in [4.69, 9.17) is 39.2 Å². The van der Waals surface area contributed by atoms with E-state index in [1.165, 1.54) is 6.20 Å². The zero-order chi connectivity index (χ0) is 19.8. The first-order chi connectivity index (χ1) is 13.5. The standard InChI is InChI=1S/C19H17Cl2FN6/c20-13-5-17-18(6-14(13)21)28(9-12-2-1-11(7-23)8-25-12)19(26-17)27-4-3-15(22)16(24)10-27/h1-2,5-6,8,15-16H,3-4,9-10,24H2/t15-,16-/m1/s1. The molecule has 0 spiro atoms. The van der Waals surface area contributed by atoms with E-state index in [1.54, 1.807) is 24.3 Å². The fourth-order valence-electron chi connectivity index (χ4n) is 3.39. The number of rotatable bonds is 3. The fourth-order valence-corrected chi connectivity index (χ4v) is 3.70. The molecule has 0 unspecified atom stereocenters. The van der Waals surface area contributed by atoms with Crippen LogP contribution < -0.4 is 10.6 Å². The molecule has 1 aromatic carbocycles. The summed E-state index contributed by atoms with van der Waals surface area (Å²) in [5.41, 5.74) is 8.68. The number of piperidine rings is 1. The minimum Gasteiger partial charge on any atom is -0.340 e. The topological polar surface area (TPSA) is 83.8 Å². The van der Waals surface area contributed by atoms with E-state index >= 15 is 0 Å². The highest BCUT2D eigenvalue weighted by molar-refractivity contribution is 6.42. The smallest absolute Gasteiger partial charge is 0.206 e. The third kappa shape index (κ3) is 3.51. The van der Waals surface area contributed by atoms with Crippen molar-refractivity contribution in [3.8, 4) is 6.07 Å². The first-order valence-electron chi connectivity index (χ1n) is 8.81. The Balaban J connectivity index is 1.79.